The summed E-state index contributed by atoms with van der Waals surface area (Å²) in [7, 11) is -4.03. The third-order valence-corrected chi connectivity index (χ3v) is 5.58. The van der Waals surface area contributed by atoms with Crippen molar-refractivity contribution < 1.29 is 27.1 Å². The molecule has 7 nitrogen and oxygen atoms in total. The highest BCUT2D eigenvalue weighted by atomic mass is 32.2. The quantitative estimate of drug-likeness (QED) is 0.538. The number of carbonyl (C=O) groups is 2. The Morgan fingerprint density at radius 2 is 1.58 bits per heavy atom. The largest absolute Gasteiger partial charge is 0.462 e. The van der Waals surface area contributed by atoms with Gasteiger partial charge in [-0.1, -0.05) is 12.1 Å². The molecule has 0 spiro atoms. The summed E-state index contributed by atoms with van der Waals surface area (Å²) in [6.45, 7) is 1.95. The second kappa shape index (κ2) is 9.40. The third-order valence-electron chi connectivity index (χ3n) is 4.19. The maximum Gasteiger partial charge on any atom is 0.338 e. The Morgan fingerprint density at radius 1 is 0.935 bits per heavy atom. The van der Waals surface area contributed by atoms with E-state index >= 15 is 0 Å². The van der Waals surface area contributed by atoms with Gasteiger partial charge >= 0.3 is 5.97 Å². The van der Waals surface area contributed by atoms with Crippen LogP contribution in [0.5, 0.6) is 0 Å². The number of nitrogens with one attached hydrogen (secondary N) is 2. The first-order valence-electron chi connectivity index (χ1n) is 9.26. The monoisotopic (exact) mass is 442 g/mol. The molecule has 0 saturated heterocycles. The minimum absolute atomic E-state index is 0.0625. The number of benzene rings is 3. The Bertz CT molecular complexity index is 1190. The molecule has 0 atom stereocenters. The van der Waals surface area contributed by atoms with Gasteiger partial charge in [0.25, 0.3) is 15.9 Å². The lowest BCUT2D eigenvalue weighted by atomic mass is 10.1. The second-order valence-corrected chi connectivity index (χ2v) is 8.04. The molecular formula is C22H19FN2O5S. The Balaban J connectivity index is 1.79. The summed E-state index contributed by atoms with van der Waals surface area (Å²) in [6.07, 6.45) is 0. The number of sulfonamides is 1. The molecule has 0 heterocycles. The van der Waals surface area contributed by atoms with Crippen LogP contribution >= 0.6 is 0 Å². The van der Waals surface area contributed by atoms with Crippen molar-refractivity contribution in [1.82, 2.24) is 0 Å². The van der Waals surface area contributed by atoms with E-state index in [1.54, 1.807) is 19.1 Å². The lowest BCUT2D eigenvalue weighted by Crippen LogP contribution is -2.18. The van der Waals surface area contributed by atoms with Crippen LogP contribution in [0, 0.1) is 5.82 Å². The van der Waals surface area contributed by atoms with Crippen LogP contribution in [0.4, 0.5) is 15.8 Å². The minimum Gasteiger partial charge on any atom is -0.462 e. The number of halogens is 1. The van der Waals surface area contributed by atoms with Gasteiger partial charge in [0.15, 0.2) is 0 Å². The number of esters is 1. The van der Waals surface area contributed by atoms with Gasteiger partial charge in [-0.25, -0.2) is 17.6 Å². The van der Waals surface area contributed by atoms with E-state index in [-0.39, 0.29) is 22.8 Å². The molecule has 0 saturated carbocycles. The molecule has 9 heteroatoms. The van der Waals surface area contributed by atoms with E-state index in [9.17, 15) is 22.4 Å². The van der Waals surface area contributed by atoms with Crippen LogP contribution in [0.25, 0.3) is 0 Å². The number of carbonyl (C=O) groups excluding carboxylic acids is 2. The number of ether oxygens (including phenoxy) is 1. The average Bonchev–Trinajstić information content (AvgIpc) is 2.75. The molecule has 0 bridgehead atoms. The van der Waals surface area contributed by atoms with Gasteiger partial charge in [0.05, 0.1) is 28.3 Å². The topological polar surface area (TPSA) is 102 Å². The third kappa shape index (κ3) is 5.46. The van der Waals surface area contributed by atoms with E-state index in [0.717, 1.165) is 24.3 Å². The molecule has 1 amide bonds. The van der Waals surface area contributed by atoms with Crippen LogP contribution < -0.4 is 10.0 Å². The van der Waals surface area contributed by atoms with Crippen LogP contribution in [-0.2, 0) is 14.8 Å². The fourth-order valence-corrected chi connectivity index (χ4v) is 3.77. The Hall–Kier alpha value is -3.72. The fourth-order valence-electron chi connectivity index (χ4n) is 2.69. The number of hydrogen-bond donors (Lipinski definition) is 2. The van der Waals surface area contributed by atoms with Crippen molar-refractivity contribution in [3.63, 3.8) is 0 Å². The van der Waals surface area contributed by atoms with Crippen molar-refractivity contribution >= 4 is 33.3 Å². The molecule has 0 unspecified atom stereocenters. The van der Waals surface area contributed by atoms with Crippen LogP contribution in [0.3, 0.4) is 0 Å². The maximum atomic E-state index is 13.1. The maximum absolute atomic E-state index is 13.1. The molecule has 31 heavy (non-hydrogen) atoms. The summed E-state index contributed by atoms with van der Waals surface area (Å²) in [5, 5.41) is 2.65. The SMILES string of the molecule is CCOC(=O)c1ccc(NC(=O)c2ccccc2NS(=O)(=O)c2ccc(F)cc2)cc1. The molecule has 0 aromatic heterocycles. The molecule has 0 aliphatic carbocycles. The molecule has 0 aliphatic heterocycles. The van der Waals surface area contributed by atoms with E-state index in [0.29, 0.717) is 11.3 Å². The van der Waals surface area contributed by atoms with Crippen molar-refractivity contribution in [2.45, 2.75) is 11.8 Å². The highest BCUT2D eigenvalue weighted by molar-refractivity contribution is 7.92. The summed E-state index contributed by atoms with van der Waals surface area (Å²) in [6, 6.07) is 16.5. The summed E-state index contributed by atoms with van der Waals surface area (Å²) in [5.41, 5.74) is 0.900. The van der Waals surface area contributed by atoms with Gasteiger partial charge in [-0.2, -0.15) is 0 Å². The standard InChI is InChI=1S/C22H19FN2O5S/c1-2-30-22(27)15-7-11-17(12-8-15)24-21(26)19-5-3-4-6-20(19)25-31(28,29)18-13-9-16(23)10-14-18/h3-14,25H,2H2,1H3,(H,24,26). The van der Waals surface area contributed by atoms with Crippen LogP contribution in [0.1, 0.15) is 27.6 Å². The van der Waals surface area contributed by atoms with Crippen molar-refractivity contribution in [3.05, 3.63) is 89.7 Å². The van der Waals surface area contributed by atoms with Gasteiger partial charge in [0.2, 0.25) is 0 Å². The van der Waals surface area contributed by atoms with E-state index in [2.05, 4.69) is 10.0 Å². The van der Waals surface area contributed by atoms with E-state index in [1.807, 2.05) is 0 Å². The summed E-state index contributed by atoms with van der Waals surface area (Å²) >= 11 is 0. The van der Waals surface area contributed by atoms with E-state index in [4.69, 9.17) is 4.74 Å². The molecule has 0 aliphatic rings. The smallest absolute Gasteiger partial charge is 0.338 e. The average molecular weight is 442 g/mol. The lowest BCUT2D eigenvalue weighted by Gasteiger charge is -2.13. The normalized spacial score (nSPS) is 10.9. The zero-order chi connectivity index (χ0) is 22.4. The highest BCUT2D eigenvalue weighted by Gasteiger charge is 2.19. The van der Waals surface area contributed by atoms with Crippen molar-refractivity contribution in [3.8, 4) is 0 Å². The molecule has 160 valence electrons. The molecule has 3 rings (SSSR count). The number of para-hydroxylation sites is 1. The van der Waals surface area contributed by atoms with E-state index < -0.39 is 27.7 Å². The number of rotatable bonds is 7. The molecule has 0 radical (unpaired) electrons. The van der Waals surface area contributed by atoms with E-state index in [1.165, 1.54) is 36.4 Å². The first kappa shape index (κ1) is 22.0. The van der Waals surface area contributed by atoms with Crippen molar-refractivity contribution in [2.75, 3.05) is 16.6 Å². The van der Waals surface area contributed by atoms with Crippen LogP contribution in [-0.4, -0.2) is 26.9 Å². The van der Waals surface area contributed by atoms with Gasteiger partial charge < -0.3 is 10.1 Å². The van der Waals surface area contributed by atoms with Crippen molar-refractivity contribution in [2.24, 2.45) is 0 Å². The zero-order valence-electron chi connectivity index (χ0n) is 16.5. The fraction of sp³-hybridized carbons (Fsp3) is 0.0909. The predicted molar refractivity (Wildman–Crippen MR) is 114 cm³/mol. The highest BCUT2D eigenvalue weighted by Crippen LogP contribution is 2.22. The van der Waals surface area contributed by atoms with Crippen LogP contribution in [0.15, 0.2) is 77.7 Å². The lowest BCUT2D eigenvalue weighted by molar-refractivity contribution is 0.0526. The summed E-state index contributed by atoms with van der Waals surface area (Å²) < 4.78 is 45.5. The molecule has 0 fully saturated rings. The van der Waals surface area contributed by atoms with Gasteiger partial charge in [-0.3, -0.25) is 9.52 Å². The molecule has 2 N–H and O–H groups in total. The molecular weight excluding hydrogens is 423 g/mol. The first-order valence-corrected chi connectivity index (χ1v) is 10.7. The van der Waals surface area contributed by atoms with Gasteiger partial charge in [0.1, 0.15) is 5.82 Å². The molecule has 3 aromatic rings. The molecule has 3 aromatic carbocycles. The van der Waals surface area contributed by atoms with Gasteiger partial charge in [-0.05, 0) is 67.6 Å². The summed E-state index contributed by atoms with van der Waals surface area (Å²) in [4.78, 5) is 24.3. The number of amides is 1. The Kier molecular flexibility index (Phi) is 6.66. The van der Waals surface area contributed by atoms with Crippen molar-refractivity contribution in [1.29, 1.82) is 0 Å². The minimum atomic E-state index is -4.03. The van der Waals surface area contributed by atoms with Gasteiger partial charge in [-0.15, -0.1) is 0 Å². The predicted octanol–water partition coefficient (Wildman–Crippen LogP) is 4.06. The number of anilines is 2. The van der Waals surface area contributed by atoms with Crippen LogP contribution in [0.2, 0.25) is 0 Å². The summed E-state index contributed by atoms with van der Waals surface area (Å²) in [5.74, 6) is -1.59. The number of hydrogen-bond acceptors (Lipinski definition) is 5. The Labute approximate surface area is 178 Å². The first-order chi connectivity index (χ1) is 14.8. The zero-order valence-corrected chi connectivity index (χ0v) is 17.3. The van der Waals surface area contributed by atoms with Gasteiger partial charge in [0, 0.05) is 5.69 Å². The second-order valence-electron chi connectivity index (χ2n) is 6.36. The Morgan fingerprint density at radius 3 is 2.23 bits per heavy atom.